The van der Waals surface area contributed by atoms with Gasteiger partial charge in [0.1, 0.15) is 6.54 Å². The Bertz CT molecular complexity index is 584. The maximum absolute atomic E-state index is 12.3. The van der Waals surface area contributed by atoms with Crippen molar-refractivity contribution < 1.29 is 9.59 Å². The first-order valence-electron chi connectivity index (χ1n) is 7.74. The van der Waals surface area contributed by atoms with E-state index >= 15 is 0 Å². The number of thiophene rings is 1. The van der Waals surface area contributed by atoms with Crippen LogP contribution in [0.25, 0.3) is 0 Å². The molecule has 1 aromatic rings. The second-order valence-electron chi connectivity index (χ2n) is 6.42. The maximum atomic E-state index is 12.3. The molecular weight excluding hydrogens is 298 g/mol. The van der Waals surface area contributed by atoms with Crippen molar-refractivity contribution in [2.24, 2.45) is 0 Å². The lowest BCUT2D eigenvalue weighted by Gasteiger charge is -2.25. The van der Waals surface area contributed by atoms with Crippen molar-refractivity contribution in [3.05, 3.63) is 21.9 Å². The van der Waals surface area contributed by atoms with E-state index in [0.29, 0.717) is 6.42 Å². The monoisotopic (exact) mass is 321 g/mol. The molecule has 5 nitrogen and oxygen atoms in total. The minimum absolute atomic E-state index is 0.00123. The van der Waals surface area contributed by atoms with E-state index < -0.39 is 0 Å². The predicted octanol–water partition coefficient (Wildman–Crippen LogP) is 1.32. The largest absolute Gasteiger partial charge is 0.347 e. The van der Waals surface area contributed by atoms with Gasteiger partial charge in [-0.25, -0.2) is 0 Å². The molecule has 0 radical (unpaired) electrons. The summed E-state index contributed by atoms with van der Waals surface area (Å²) >= 11 is 1.82. The highest BCUT2D eigenvalue weighted by Crippen LogP contribution is 2.34. The number of carbonyl (C=O) groups is 2. The van der Waals surface area contributed by atoms with Crippen LogP contribution in [0.1, 0.15) is 22.6 Å². The van der Waals surface area contributed by atoms with E-state index in [0.717, 1.165) is 19.5 Å². The highest BCUT2D eigenvalue weighted by molar-refractivity contribution is 7.11. The summed E-state index contributed by atoms with van der Waals surface area (Å²) in [5.74, 6) is 0.124. The molecule has 2 amide bonds. The van der Waals surface area contributed by atoms with Crippen LogP contribution in [-0.2, 0) is 16.1 Å². The Kier molecular flexibility index (Phi) is 4.23. The quantitative estimate of drug-likeness (QED) is 0.840. The summed E-state index contributed by atoms with van der Waals surface area (Å²) in [5.41, 5.74) is 0. The molecule has 3 rings (SSSR count). The van der Waals surface area contributed by atoms with E-state index in [-0.39, 0.29) is 30.4 Å². The van der Waals surface area contributed by atoms with Crippen LogP contribution < -0.4 is 0 Å². The Morgan fingerprint density at radius 2 is 2.14 bits per heavy atom. The highest BCUT2D eigenvalue weighted by atomic mass is 32.1. The fourth-order valence-electron chi connectivity index (χ4n) is 3.47. The average Bonchev–Trinajstić information content (AvgIpc) is 3.11. The topological polar surface area (TPSA) is 43.9 Å². The number of aryl methyl sites for hydroxylation is 1. The van der Waals surface area contributed by atoms with Crippen molar-refractivity contribution in [3.8, 4) is 0 Å². The Balaban J connectivity index is 1.67. The van der Waals surface area contributed by atoms with Crippen LogP contribution in [0.5, 0.6) is 0 Å². The summed E-state index contributed by atoms with van der Waals surface area (Å²) in [4.78, 5) is 32.7. The van der Waals surface area contributed by atoms with Crippen LogP contribution in [0.4, 0.5) is 0 Å². The van der Waals surface area contributed by atoms with Gasteiger partial charge in [0, 0.05) is 55.4 Å². The van der Waals surface area contributed by atoms with Crippen molar-refractivity contribution >= 4 is 23.2 Å². The van der Waals surface area contributed by atoms with Crippen molar-refractivity contribution in [2.75, 3.05) is 27.2 Å². The Hall–Kier alpha value is -1.40. The third kappa shape index (κ3) is 2.90. The minimum Gasteiger partial charge on any atom is -0.347 e. The summed E-state index contributed by atoms with van der Waals surface area (Å²) in [6.45, 7) is 4.27. The summed E-state index contributed by atoms with van der Waals surface area (Å²) in [6, 6.07) is 4.80. The van der Waals surface area contributed by atoms with Gasteiger partial charge in [-0.3, -0.25) is 14.5 Å². The van der Waals surface area contributed by atoms with Crippen molar-refractivity contribution in [1.29, 1.82) is 0 Å². The number of hydrogen-bond acceptors (Lipinski definition) is 4. The standard InChI is InChI=1S/C16H23N3O2S/c1-11-4-5-12(22-11)9-18-7-6-13-14(18)8-15(20)19(13)10-16(21)17(2)3/h4-5,13-14H,6-10H2,1-3H3/t13-,14-/m0/s1. The molecule has 0 spiro atoms. The van der Waals surface area contributed by atoms with Crippen LogP contribution >= 0.6 is 11.3 Å². The van der Waals surface area contributed by atoms with Gasteiger partial charge in [-0.05, 0) is 25.5 Å². The van der Waals surface area contributed by atoms with Crippen LogP contribution in [0, 0.1) is 6.92 Å². The van der Waals surface area contributed by atoms with Crippen LogP contribution in [-0.4, -0.2) is 65.8 Å². The van der Waals surface area contributed by atoms with Crippen LogP contribution in [0.3, 0.4) is 0 Å². The SMILES string of the molecule is Cc1ccc(CN2CC[C@H]3[C@@H]2CC(=O)N3CC(=O)N(C)C)s1. The Labute approximate surface area is 135 Å². The van der Waals surface area contributed by atoms with E-state index in [9.17, 15) is 9.59 Å². The number of hydrogen-bond donors (Lipinski definition) is 0. The molecule has 0 saturated carbocycles. The van der Waals surface area contributed by atoms with Gasteiger partial charge < -0.3 is 9.80 Å². The fourth-order valence-corrected chi connectivity index (χ4v) is 4.38. The van der Waals surface area contributed by atoms with Gasteiger partial charge in [-0.1, -0.05) is 0 Å². The van der Waals surface area contributed by atoms with Crippen LogP contribution in [0.15, 0.2) is 12.1 Å². The van der Waals surface area contributed by atoms with Gasteiger partial charge in [0.25, 0.3) is 0 Å². The number of fused-ring (bicyclic) bond motifs is 1. The van der Waals surface area contributed by atoms with E-state index in [1.165, 1.54) is 9.75 Å². The third-order valence-corrected chi connectivity index (χ3v) is 5.67. The van der Waals surface area contributed by atoms with Crippen molar-refractivity contribution in [3.63, 3.8) is 0 Å². The summed E-state index contributed by atoms with van der Waals surface area (Å²) < 4.78 is 0. The molecule has 2 atom stereocenters. The summed E-state index contributed by atoms with van der Waals surface area (Å²) in [5, 5.41) is 0. The number of likely N-dealkylation sites (N-methyl/N-ethyl adjacent to an activating group) is 1. The van der Waals surface area contributed by atoms with E-state index in [1.807, 2.05) is 11.3 Å². The lowest BCUT2D eigenvalue weighted by Crippen LogP contribution is -2.43. The predicted molar refractivity (Wildman–Crippen MR) is 86.7 cm³/mol. The zero-order valence-electron chi connectivity index (χ0n) is 13.4. The maximum Gasteiger partial charge on any atom is 0.241 e. The lowest BCUT2D eigenvalue weighted by molar-refractivity contribution is -0.138. The van der Waals surface area contributed by atoms with Crippen LogP contribution in [0.2, 0.25) is 0 Å². The minimum atomic E-state index is 0.00123. The second kappa shape index (κ2) is 6.01. The molecule has 0 N–H and O–H groups in total. The smallest absolute Gasteiger partial charge is 0.241 e. The van der Waals surface area contributed by atoms with E-state index in [4.69, 9.17) is 0 Å². The average molecular weight is 321 g/mol. The van der Waals surface area contributed by atoms with Gasteiger partial charge in [-0.2, -0.15) is 0 Å². The van der Waals surface area contributed by atoms with E-state index in [2.05, 4.69) is 24.0 Å². The molecule has 22 heavy (non-hydrogen) atoms. The molecule has 2 aliphatic heterocycles. The third-order valence-electron chi connectivity index (χ3n) is 4.69. The second-order valence-corrected chi connectivity index (χ2v) is 7.79. The Morgan fingerprint density at radius 3 is 2.77 bits per heavy atom. The number of rotatable bonds is 4. The molecule has 0 bridgehead atoms. The molecule has 1 aromatic heterocycles. The molecule has 0 aromatic carbocycles. The van der Waals surface area contributed by atoms with Gasteiger partial charge in [0.05, 0.1) is 0 Å². The molecule has 2 fully saturated rings. The molecule has 3 heterocycles. The lowest BCUT2D eigenvalue weighted by atomic mass is 10.1. The summed E-state index contributed by atoms with van der Waals surface area (Å²) in [6.07, 6.45) is 1.53. The molecule has 2 aliphatic rings. The molecule has 2 saturated heterocycles. The van der Waals surface area contributed by atoms with Crippen molar-refractivity contribution in [2.45, 2.75) is 38.4 Å². The van der Waals surface area contributed by atoms with E-state index in [1.54, 1.807) is 23.9 Å². The van der Waals surface area contributed by atoms with Gasteiger partial charge in [-0.15, -0.1) is 11.3 Å². The number of likely N-dealkylation sites (tertiary alicyclic amines) is 2. The van der Waals surface area contributed by atoms with Crippen molar-refractivity contribution in [1.82, 2.24) is 14.7 Å². The van der Waals surface area contributed by atoms with Gasteiger partial charge in [0.2, 0.25) is 11.8 Å². The number of carbonyl (C=O) groups excluding carboxylic acids is 2. The molecule has 120 valence electrons. The molecule has 0 aliphatic carbocycles. The normalized spacial score (nSPS) is 24.9. The molecule has 6 heteroatoms. The molecule has 0 unspecified atom stereocenters. The summed E-state index contributed by atoms with van der Waals surface area (Å²) in [7, 11) is 3.47. The highest BCUT2D eigenvalue weighted by Gasteiger charge is 2.47. The fraction of sp³-hybridized carbons (Fsp3) is 0.625. The first-order chi connectivity index (χ1) is 10.5. The first-order valence-corrected chi connectivity index (χ1v) is 8.56. The zero-order chi connectivity index (χ0) is 15.9. The first kappa shape index (κ1) is 15.5. The zero-order valence-corrected chi connectivity index (χ0v) is 14.2. The van der Waals surface area contributed by atoms with Gasteiger partial charge >= 0.3 is 0 Å². The number of nitrogens with zero attached hydrogens (tertiary/aromatic N) is 3. The Morgan fingerprint density at radius 1 is 1.36 bits per heavy atom. The van der Waals surface area contributed by atoms with Gasteiger partial charge in [0.15, 0.2) is 0 Å². The molecular formula is C16H23N3O2S. The number of amides is 2.